The maximum atomic E-state index is 13.5. The first-order valence-corrected chi connectivity index (χ1v) is 11.7. The number of hydrogen-bond donors (Lipinski definition) is 1. The summed E-state index contributed by atoms with van der Waals surface area (Å²) in [4.78, 5) is 17.5. The molecule has 6 nitrogen and oxygen atoms in total. The Bertz CT molecular complexity index is 1420. The number of halogens is 1. The van der Waals surface area contributed by atoms with E-state index >= 15 is 0 Å². The number of aryl methyl sites for hydroxylation is 1. The number of thiazole rings is 1. The van der Waals surface area contributed by atoms with Gasteiger partial charge in [0, 0.05) is 17.8 Å². The van der Waals surface area contributed by atoms with Crippen LogP contribution in [0.3, 0.4) is 0 Å². The topological polar surface area (TPSA) is 80.5 Å². The van der Waals surface area contributed by atoms with Crippen LogP contribution >= 0.6 is 11.3 Å². The highest BCUT2D eigenvalue weighted by Crippen LogP contribution is 2.19. The summed E-state index contributed by atoms with van der Waals surface area (Å²) in [6, 6.07) is 18.5. The average molecular weight is 456 g/mol. The van der Waals surface area contributed by atoms with Crippen molar-refractivity contribution in [2.45, 2.75) is 18.4 Å². The normalized spacial score (nSPS) is 12.3. The van der Waals surface area contributed by atoms with Gasteiger partial charge in [0.1, 0.15) is 5.82 Å². The third kappa shape index (κ3) is 4.42. The first kappa shape index (κ1) is 21.0. The van der Waals surface area contributed by atoms with E-state index in [1.54, 1.807) is 24.3 Å². The maximum absolute atomic E-state index is 13.5. The molecule has 9 heteroatoms. The van der Waals surface area contributed by atoms with Gasteiger partial charge in [-0.1, -0.05) is 29.5 Å². The summed E-state index contributed by atoms with van der Waals surface area (Å²) in [5, 5.41) is 0. The third-order valence-corrected chi connectivity index (χ3v) is 7.03. The van der Waals surface area contributed by atoms with Crippen LogP contribution in [0.1, 0.15) is 17.3 Å². The van der Waals surface area contributed by atoms with Crippen molar-refractivity contribution >= 4 is 43.2 Å². The second kappa shape index (κ2) is 8.44. The molecular weight excluding hydrogens is 437 g/mol. The molecular formula is C22H18FN3O3S2. The van der Waals surface area contributed by atoms with E-state index < -0.39 is 15.9 Å². The number of fused-ring (bicyclic) bond motifs is 1. The van der Waals surface area contributed by atoms with Crippen LogP contribution in [-0.2, 0) is 16.6 Å². The SMILES string of the molecule is CCn1c(=NC(=O)c2ccc(NS(=O)(=O)c3ccccc3)cc2)sc2cc(F)ccc21. The molecule has 0 atom stereocenters. The molecule has 0 unspecified atom stereocenters. The van der Waals surface area contributed by atoms with E-state index in [9.17, 15) is 17.6 Å². The first-order chi connectivity index (χ1) is 14.9. The van der Waals surface area contributed by atoms with Crippen molar-refractivity contribution in [1.29, 1.82) is 0 Å². The summed E-state index contributed by atoms with van der Waals surface area (Å²) in [5.41, 5.74) is 1.46. The number of carbonyl (C=O) groups excluding carboxylic acids is 1. The second-order valence-electron chi connectivity index (χ2n) is 6.65. The van der Waals surface area contributed by atoms with Crippen molar-refractivity contribution in [2.75, 3.05) is 4.72 Å². The maximum Gasteiger partial charge on any atom is 0.279 e. The van der Waals surface area contributed by atoms with E-state index in [2.05, 4.69) is 9.71 Å². The van der Waals surface area contributed by atoms with Crippen LogP contribution < -0.4 is 9.52 Å². The lowest BCUT2D eigenvalue weighted by Crippen LogP contribution is -2.16. The summed E-state index contributed by atoms with van der Waals surface area (Å²) in [6.45, 7) is 2.50. The number of amides is 1. The van der Waals surface area contributed by atoms with Crippen LogP contribution in [0.5, 0.6) is 0 Å². The highest BCUT2D eigenvalue weighted by molar-refractivity contribution is 7.92. The van der Waals surface area contributed by atoms with Crippen molar-refractivity contribution in [3.8, 4) is 0 Å². The number of hydrogen-bond acceptors (Lipinski definition) is 4. The molecule has 31 heavy (non-hydrogen) atoms. The molecule has 0 aliphatic heterocycles. The Morgan fingerprint density at radius 1 is 1.06 bits per heavy atom. The zero-order chi connectivity index (χ0) is 22.0. The van der Waals surface area contributed by atoms with Crippen molar-refractivity contribution in [1.82, 2.24) is 4.57 Å². The quantitative estimate of drug-likeness (QED) is 0.484. The van der Waals surface area contributed by atoms with E-state index in [0.717, 1.165) is 5.52 Å². The number of rotatable bonds is 5. The fourth-order valence-electron chi connectivity index (χ4n) is 3.08. The standard InChI is InChI=1S/C22H18FN3O3S2/c1-2-26-19-13-10-16(23)14-20(19)30-22(26)24-21(27)15-8-11-17(12-9-15)25-31(28,29)18-6-4-3-5-7-18/h3-14,25H,2H2,1H3. The predicted octanol–water partition coefficient (Wildman–Crippen LogP) is 4.40. The van der Waals surface area contributed by atoms with Crippen LogP contribution in [0.25, 0.3) is 10.2 Å². The van der Waals surface area contributed by atoms with Crippen molar-refractivity contribution in [2.24, 2.45) is 4.99 Å². The summed E-state index contributed by atoms with van der Waals surface area (Å²) in [7, 11) is -3.71. The van der Waals surface area contributed by atoms with E-state index in [-0.39, 0.29) is 10.7 Å². The molecule has 0 aliphatic carbocycles. The van der Waals surface area contributed by atoms with Gasteiger partial charge in [0.25, 0.3) is 15.9 Å². The molecule has 4 rings (SSSR count). The smallest absolute Gasteiger partial charge is 0.279 e. The lowest BCUT2D eigenvalue weighted by atomic mass is 10.2. The fourth-order valence-corrected chi connectivity index (χ4v) is 5.28. The van der Waals surface area contributed by atoms with E-state index in [4.69, 9.17) is 0 Å². The largest absolute Gasteiger partial charge is 0.317 e. The fraction of sp³-hybridized carbons (Fsp3) is 0.0909. The van der Waals surface area contributed by atoms with Gasteiger partial charge in [-0.15, -0.1) is 0 Å². The Labute approximate surface area is 182 Å². The lowest BCUT2D eigenvalue weighted by molar-refractivity contribution is 0.0998. The van der Waals surface area contributed by atoms with Gasteiger partial charge in [-0.2, -0.15) is 4.99 Å². The number of nitrogens with one attached hydrogen (secondary N) is 1. The zero-order valence-electron chi connectivity index (χ0n) is 16.4. The molecule has 1 aromatic heterocycles. The molecule has 0 radical (unpaired) electrons. The number of anilines is 1. The third-order valence-electron chi connectivity index (χ3n) is 4.60. The van der Waals surface area contributed by atoms with Gasteiger partial charge in [0.15, 0.2) is 4.80 Å². The van der Waals surface area contributed by atoms with Crippen LogP contribution in [0, 0.1) is 5.82 Å². The molecule has 1 amide bonds. The molecule has 0 saturated heterocycles. The summed E-state index contributed by atoms with van der Waals surface area (Å²) in [6.07, 6.45) is 0. The van der Waals surface area contributed by atoms with Gasteiger partial charge in [-0.3, -0.25) is 9.52 Å². The molecule has 0 spiro atoms. The minimum atomic E-state index is -3.71. The molecule has 1 N–H and O–H groups in total. The number of aromatic nitrogens is 1. The molecule has 0 fully saturated rings. The van der Waals surface area contributed by atoms with Crippen molar-refractivity contribution in [3.05, 3.63) is 89.0 Å². The second-order valence-corrected chi connectivity index (χ2v) is 9.35. The van der Waals surface area contributed by atoms with E-state index in [1.807, 2.05) is 11.5 Å². The van der Waals surface area contributed by atoms with Gasteiger partial charge < -0.3 is 4.57 Å². The average Bonchev–Trinajstić information content (AvgIpc) is 3.10. The minimum Gasteiger partial charge on any atom is -0.317 e. The Balaban J connectivity index is 1.60. The van der Waals surface area contributed by atoms with Crippen LogP contribution in [-0.4, -0.2) is 18.9 Å². The molecule has 0 saturated carbocycles. The van der Waals surface area contributed by atoms with Crippen LogP contribution in [0.4, 0.5) is 10.1 Å². The Hall–Kier alpha value is -3.30. The van der Waals surface area contributed by atoms with Gasteiger partial charge in [-0.05, 0) is 61.5 Å². The monoisotopic (exact) mass is 455 g/mol. The van der Waals surface area contributed by atoms with Gasteiger partial charge in [-0.25, -0.2) is 12.8 Å². The van der Waals surface area contributed by atoms with Gasteiger partial charge in [0.05, 0.1) is 15.1 Å². The highest BCUT2D eigenvalue weighted by Gasteiger charge is 2.14. The molecule has 3 aromatic carbocycles. The van der Waals surface area contributed by atoms with Crippen LogP contribution in [0.2, 0.25) is 0 Å². The number of benzene rings is 3. The molecule has 0 aliphatic rings. The Morgan fingerprint density at radius 2 is 1.77 bits per heavy atom. The van der Waals surface area contributed by atoms with E-state index in [0.29, 0.717) is 27.3 Å². The predicted molar refractivity (Wildman–Crippen MR) is 119 cm³/mol. The summed E-state index contributed by atoms with van der Waals surface area (Å²) < 4.78 is 43.4. The molecule has 1 heterocycles. The Kier molecular flexibility index (Phi) is 5.71. The Morgan fingerprint density at radius 3 is 2.45 bits per heavy atom. The van der Waals surface area contributed by atoms with E-state index in [1.165, 1.54) is 59.9 Å². The van der Waals surface area contributed by atoms with Crippen molar-refractivity contribution in [3.63, 3.8) is 0 Å². The number of nitrogens with zero attached hydrogens (tertiary/aromatic N) is 2. The van der Waals surface area contributed by atoms with Gasteiger partial charge in [0.2, 0.25) is 0 Å². The number of sulfonamides is 1. The zero-order valence-corrected chi connectivity index (χ0v) is 18.1. The van der Waals surface area contributed by atoms with Crippen LogP contribution in [0.15, 0.2) is 82.7 Å². The first-order valence-electron chi connectivity index (χ1n) is 9.43. The molecule has 0 bridgehead atoms. The van der Waals surface area contributed by atoms with Gasteiger partial charge >= 0.3 is 0 Å². The lowest BCUT2D eigenvalue weighted by Gasteiger charge is -2.08. The molecule has 4 aromatic rings. The van der Waals surface area contributed by atoms with Crippen molar-refractivity contribution < 1.29 is 17.6 Å². The summed E-state index contributed by atoms with van der Waals surface area (Å²) in [5.74, 6) is -0.810. The summed E-state index contributed by atoms with van der Waals surface area (Å²) >= 11 is 1.24. The number of carbonyl (C=O) groups is 1. The minimum absolute atomic E-state index is 0.149. The molecule has 158 valence electrons. The highest BCUT2D eigenvalue weighted by atomic mass is 32.2.